The zero-order chi connectivity index (χ0) is 13.8. The number of benzene rings is 1. The molecule has 1 rings (SSSR count). The molecule has 0 aromatic heterocycles. The normalized spacial score (nSPS) is 13.4. The summed E-state index contributed by atoms with van der Waals surface area (Å²) in [5.74, 6) is 0.427. The second-order valence-corrected chi connectivity index (χ2v) is 8.25. The van der Waals surface area contributed by atoms with Gasteiger partial charge in [0.25, 0.3) is 0 Å². The van der Waals surface area contributed by atoms with Crippen molar-refractivity contribution in [2.75, 3.05) is 23.0 Å². The van der Waals surface area contributed by atoms with Crippen LogP contribution in [0.1, 0.15) is 13.3 Å². The number of nitrogens with two attached hydrogens (primary N) is 1. The van der Waals surface area contributed by atoms with Crippen molar-refractivity contribution in [2.24, 2.45) is 0 Å². The fourth-order valence-corrected chi connectivity index (χ4v) is 3.97. The van der Waals surface area contributed by atoms with E-state index < -0.39 is 20.6 Å². The average Bonchev–Trinajstić information content (AvgIpc) is 2.32. The highest BCUT2D eigenvalue weighted by Gasteiger charge is 2.12. The van der Waals surface area contributed by atoms with E-state index in [0.29, 0.717) is 22.0 Å². The number of halogens is 1. The van der Waals surface area contributed by atoms with Crippen molar-refractivity contribution >= 4 is 37.9 Å². The molecule has 0 fully saturated rings. The minimum absolute atomic E-state index is 0.0508. The molecule has 1 aromatic rings. The second-order valence-electron chi connectivity index (χ2n) is 3.83. The van der Waals surface area contributed by atoms with Gasteiger partial charge in [-0.1, -0.05) is 18.5 Å². The van der Waals surface area contributed by atoms with Gasteiger partial charge < -0.3 is 5.73 Å². The van der Waals surface area contributed by atoms with Crippen LogP contribution in [0.15, 0.2) is 23.1 Å². The summed E-state index contributed by atoms with van der Waals surface area (Å²) >= 11 is 5.92. The van der Waals surface area contributed by atoms with Crippen molar-refractivity contribution in [1.82, 2.24) is 0 Å². The van der Waals surface area contributed by atoms with Crippen molar-refractivity contribution in [3.05, 3.63) is 23.2 Å². The predicted molar refractivity (Wildman–Crippen MR) is 76.1 cm³/mol. The standard InChI is InChI=1S/C11H16ClNO3S2/c1-2-18(15,16)7-3-6-17(14)11-8-9(13)4-5-10(11)12/h4-5,8H,2-3,6-7,13H2,1H3. The summed E-state index contributed by atoms with van der Waals surface area (Å²) in [6.07, 6.45) is 0.355. The third-order valence-electron chi connectivity index (χ3n) is 2.43. The molecule has 18 heavy (non-hydrogen) atoms. The predicted octanol–water partition coefficient (Wildman–Crippen LogP) is 1.85. The molecule has 7 heteroatoms. The minimum Gasteiger partial charge on any atom is -0.399 e. The molecule has 1 atom stereocenters. The van der Waals surface area contributed by atoms with Gasteiger partial charge in [0.05, 0.1) is 26.5 Å². The van der Waals surface area contributed by atoms with Gasteiger partial charge in [-0.05, 0) is 24.6 Å². The largest absolute Gasteiger partial charge is 0.399 e. The van der Waals surface area contributed by atoms with Gasteiger partial charge in [-0.25, -0.2) is 8.42 Å². The van der Waals surface area contributed by atoms with Crippen LogP contribution < -0.4 is 5.73 Å². The first-order chi connectivity index (χ1) is 8.35. The molecule has 0 saturated heterocycles. The van der Waals surface area contributed by atoms with E-state index >= 15 is 0 Å². The SMILES string of the molecule is CCS(=O)(=O)CCCS(=O)c1cc(N)ccc1Cl. The van der Waals surface area contributed by atoms with Crippen molar-refractivity contribution < 1.29 is 12.6 Å². The van der Waals surface area contributed by atoms with Crippen LogP contribution in [0.3, 0.4) is 0 Å². The topological polar surface area (TPSA) is 77.2 Å². The van der Waals surface area contributed by atoms with E-state index in [9.17, 15) is 12.6 Å². The summed E-state index contributed by atoms with van der Waals surface area (Å²) in [6.45, 7) is 1.60. The van der Waals surface area contributed by atoms with Crippen LogP contribution in [0.25, 0.3) is 0 Å². The molecule has 0 bridgehead atoms. The molecular formula is C11H16ClNO3S2. The van der Waals surface area contributed by atoms with Gasteiger partial charge in [-0.15, -0.1) is 0 Å². The summed E-state index contributed by atoms with van der Waals surface area (Å²) in [5.41, 5.74) is 6.09. The maximum atomic E-state index is 12.0. The van der Waals surface area contributed by atoms with Gasteiger partial charge in [0.1, 0.15) is 9.84 Å². The number of nitrogen functional groups attached to an aromatic ring is 1. The molecule has 2 N–H and O–H groups in total. The molecule has 102 valence electrons. The van der Waals surface area contributed by atoms with Gasteiger partial charge in [0, 0.05) is 17.2 Å². The smallest absolute Gasteiger partial charge is 0.150 e. The van der Waals surface area contributed by atoms with Crippen molar-refractivity contribution in [2.45, 2.75) is 18.2 Å². The Morgan fingerprint density at radius 3 is 2.67 bits per heavy atom. The molecular weight excluding hydrogens is 294 g/mol. The number of hydrogen-bond acceptors (Lipinski definition) is 4. The molecule has 0 saturated carbocycles. The summed E-state index contributed by atoms with van der Waals surface area (Å²) < 4.78 is 34.6. The van der Waals surface area contributed by atoms with Crippen LogP contribution in [-0.4, -0.2) is 29.9 Å². The Morgan fingerprint density at radius 2 is 2.06 bits per heavy atom. The van der Waals surface area contributed by atoms with E-state index in [-0.39, 0.29) is 17.3 Å². The molecule has 0 spiro atoms. The number of anilines is 1. The fraction of sp³-hybridized carbons (Fsp3) is 0.455. The summed E-state index contributed by atoms with van der Waals surface area (Å²) in [6, 6.07) is 4.78. The summed E-state index contributed by atoms with van der Waals surface area (Å²) in [4.78, 5) is 0.463. The minimum atomic E-state index is -3.01. The van der Waals surface area contributed by atoms with E-state index in [4.69, 9.17) is 17.3 Å². The Labute approximate surface area is 115 Å². The van der Waals surface area contributed by atoms with Crippen molar-refractivity contribution in [1.29, 1.82) is 0 Å². The highest BCUT2D eigenvalue weighted by molar-refractivity contribution is 7.91. The average molecular weight is 310 g/mol. The maximum Gasteiger partial charge on any atom is 0.150 e. The lowest BCUT2D eigenvalue weighted by atomic mass is 10.3. The van der Waals surface area contributed by atoms with E-state index in [1.54, 1.807) is 25.1 Å². The Hall–Kier alpha value is -0.590. The fourth-order valence-electron chi connectivity index (χ4n) is 1.36. The highest BCUT2D eigenvalue weighted by atomic mass is 35.5. The molecule has 0 aliphatic carbocycles. The second kappa shape index (κ2) is 6.54. The summed E-state index contributed by atoms with van der Waals surface area (Å²) in [7, 11) is -4.33. The quantitative estimate of drug-likeness (QED) is 0.814. The van der Waals surface area contributed by atoms with E-state index in [1.807, 2.05) is 0 Å². The van der Waals surface area contributed by atoms with Gasteiger partial charge in [0.15, 0.2) is 0 Å². The molecule has 0 aliphatic heterocycles. The summed E-state index contributed by atoms with van der Waals surface area (Å²) in [5, 5.41) is 0.390. The monoisotopic (exact) mass is 309 g/mol. The first-order valence-corrected chi connectivity index (χ1v) is 9.01. The van der Waals surface area contributed by atoms with Crippen LogP contribution >= 0.6 is 11.6 Å². The van der Waals surface area contributed by atoms with E-state index in [1.165, 1.54) is 0 Å². The molecule has 0 amide bonds. The Morgan fingerprint density at radius 1 is 1.39 bits per heavy atom. The van der Waals surface area contributed by atoms with Gasteiger partial charge in [0.2, 0.25) is 0 Å². The van der Waals surface area contributed by atoms with Crippen molar-refractivity contribution in [3.63, 3.8) is 0 Å². The Bertz CT molecular complexity index is 543. The third kappa shape index (κ3) is 4.59. The Kier molecular flexibility index (Phi) is 5.62. The van der Waals surface area contributed by atoms with Crippen LogP contribution in [0, 0.1) is 0 Å². The Balaban J connectivity index is 2.64. The number of hydrogen-bond donors (Lipinski definition) is 1. The first-order valence-electron chi connectivity index (χ1n) is 5.49. The lowest BCUT2D eigenvalue weighted by Gasteiger charge is -2.06. The molecule has 0 heterocycles. The van der Waals surface area contributed by atoms with Crippen LogP contribution in [0.4, 0.5) is 5.69 Å². The van der Waals surface area contributed by atoms with Gasteiger partial charge in [-0.3, -0.25) is 4.21 Å². The van der Waals surface area contributed by atoms with Crippen LogP contribution in [0.5, 0.6) is 0 Å². The van der Waals surface area contributed by atoms with E-state index in [2.05, 4.69) is 0 Å². The molecule has 0 radical (unpaired) electrons. The zero-order valence-electron chi connectivity index (χ0n) is 10.1. The molecule has 4 nitrogen and oxygen atoms in total. The van der Waals surface area contributed by atoms with Crippen LogP contribution in [0.2, 0.25) is 5.02 Å². The van der Waals surface area contributed by atoms with Gasteiger partial charge in [-0.2, -0.15) is 0 Å². The first kappa shape index (κ1) is 15.5. The third-order valence-corrected chi connectivity index (χ3v) is 6.15. The van der Waals surface area contributed by atoms with E-state index in [0.717, 1.165) is 0 Å². The molecule has 1 aromatic carbocycles. The molecule has 1 unspecified atom stereocenters. The molecule has 0 aliphatic rings. The number of rotatable bonds is 6. The zero-order valence-corrected chi connectivity index (χ0v) is 12.4. The number of sulfone groups is 1. The maximum absolute atomic E-state index is 12.0. The van der Waals surface area contributed by atoms with Crippen LogP contribution in [-0.2, 0) is 20.6 Å². The lowest BCUT2D eigenvalue weighted by molar-refractivity contribution is 0.596. The van der Waals surface area contributed by atoms with Crippen molar-refractivity contribution in [3.8, 4) is 0 Å². The highest BCUT2D eigenvalue weighted by Crippen LogP contribution is 2.22. The van der Waals surface area contributed by atoms with Gasteiger partial charge >= 0.3 is 0 Å². The lowest BCUT2D eigenvalue weighted by Crippen LogP contribution is -2.11.